The number of halogens is 1. The fourth-order valence-corrected chi connectivity index (χ4v) is 1.10. The first kappa shape index (κ1) is 10.1. The molecule has 1 heterocycles. The van der Waals surface area contributed by atoms with Gasteiger partial charge in [-0.05, 0) is 6.42 Å². The Morgan fingerprint density at radius 2 is 2.23 bits per heavy atom. The second-order valence-corrected chi connectivity index (χ2v) is 3.03. The van der Waals surface area contributed by atoms with Gasteiger partial charge in [0.25, 0.3) is 0 Å². The Morgan fingerprint density at radius 1 is 1.54 bits per heavy atom. The fourth-order valence-electron chi connectivity index (χ4n) is 1.10. The minimum atomic E-state index is -0.348. The zero-order valence-electron chi connectivity index (χ0n) is 7.92. The normalized spacial score (nSPS) is 12.9. The van der Waals surface area contributed by atoms with Gasteiger partial charge in [-0.2, -0.15) is 0 Å². The highest BCUT2D eigenvalue weighted by Crippen LogP contribution is 2.19. The molecule has 2 N–H and O–H groups in total. The fraction of sp³-hybridized carbons (Fsp3) is 0.556. The molecule has 4 heteroatoms. The maximum atomic E-state index is 13.5. The van der Waals surface area contributed by atoms with Crippen LogP contribution in [0, 0.1) is 5.82 Å². The summed E-state index contributed by atoms with van der Waals surface area (Å²) in [5.41, 5.74) is 6.10. The molecule has 1 atom stereocenters. The lowest BCUT2D eigenvalue weighted by Crippen LogP contribution is -2.09. The number of hydrogen-bond acceptors (Lipinski definition) is 3. The molecule has 0 fully saturated rings. The summed E-state index contributed by atoms with van der Waals surface area (Å²) >= 11 is 0. The second kappa shape index (κ2) is 4.28. The van der Waals surface area contributed by atoms with Gasteiger partial charge >= 0.3 is 0 Å². The SMILES string of the molecule is CCC(C)c1ncnc(CN)c1F. The van der Waals surface area contributed by atoms with Gasteiger partial charge in [-0.3, -0.25) is 0 Å². The maximum Gasteiger partial charge on any atom is 0.167 e. The molecule has 13 heavy (non-hydrogen) atoms. The smallest absolute Gasteiger partial charge is 0.167 e. The lowest BCUT2D eigenvalue weighted by molar-refractivity contribution is 0.543. The van der Waals surface area contributed by atoms with Gasteiger partial charge in [-0.25, -0.2) is 14.4 Å². The average molecular weight is 183 g/mol. The molecule has 1 unspecified atom stereocenters. The van der Waals surface area contributed by atoms with Crippen molar-refractivity contribution in [1.29, 1.82) is 0 Å². The van der Waals surface area contributed by atoms with E-state index < -0.39 is 0 Å². The summed E-state index contributed by atoms with van der Waals surface area (Å²) in [6, 6.07) is 0. The third-order valence-corrected chi connectivity index (χ3v) is 2.16. The third-order valence-electron chi connectivity index (χ3n) is 2.16. The van der Waals surface area contributed by atoms with Crippen LogP contribution in [0.2, 0.25) is 0 Å². The van der Waals surface area contributed by atoms with Crippen LogP contribution in [-0.2, 0) is 6.54 Å². The second-order valence-electron chi connectivity index (χ2n) is 3.03. The highest BCUT2D eigenvalue weighted by atomic mass is 19.1. The molecule has 1 aromatic rings. The molecule has 1 aromatic heterocycles. The molecule has 0 saturated heterocycles. The monoisotopic (exact) mass is 183 g/mol. The Morgan fingerprint density at radius 3 is 2.77 bits per heavy atom. The molecule has 0 aliphatic heterocycles. The van der Waals surface area contributed by atoms with Crippen molar-refractivity contribution >= 4 is 0 Å². The van der Waals surface area contributed by atoms with E-state index in [0.717, 1.165) is 6.42 Å². The van der Waals surface area contributed by atoms with Crippen LogP contribution in [0.3, 0.4) is 0 Å². The van der Waals surface area contributed by atoms with Crippen LogP contribution in [-0.4, -0.2) is 9.97 Å². The van der Waals surface area contributed by atoms with Gasteiger partial charge in [0.05, 0.1) is 11.4 Å². The number of nitrogens with two attached hydrogens (primary N) is 1. The summed E-state index contributed by atoms with van der Waals surface area (Å²) in [4.78, 5) is 7.68. The lowest BCUT2D eigenvalue weighted by Gasteiger charge is -2.09. The first-order chi connectivity index (χ1) is 6.20. The Hall–Kier alpha value is -1.03. The summed E-state index contributed by atoms with van der Waals surface area (Å²) in [6.07, 6.45) is 2.23. The van der Waals surface area contributed by atoms with Crippen molar-refractivity contribution in [3.8, 4) is 0 Å². The van der Waals surface area contributed by atoms with Crippen molar-refractivity contribution in [2.45, 2.75) is 32.7 Å². The van der Waals surface area contributed by atoms with Crippen molar-refractivity contribution in [2.75, 3.05) is 0 Å². The topological polar surface area (TPSA) is 51.8 Å². The van der Waals surface area contributed by atoms with E-state index in [9.17, 15) is 4.39 Å². The maximum absolute atomic E-state index is 13.5. The predicted octanol–water partition coefficient (Wildman–Crippen LogP) is 1.59. The molecule has 0 aromatic carbocycles. The molecule has 0 radical (unpaired) electrons. The van der Waals surface area contributed by atoms with E-state index in [0.29, 0.717) is 11.4 Å². The summed E-state index contributed by atoms with van der Waals surface area (Å²) in [6.45, 7) is 4.05. The van der Waals surface area contributed by atoms with Gasteiger partial charge in [-0.15, -0.1) is 0 Å². The summed E-state index contributed by atoms with van der Waals surface area (Å²) < 4.78 is 13.5. The standard InChI is InChI=1S/C9H14FN3/c1-3-6(2)9-8(10)7(4-11)12-5-13-9/h5-6H,3-4,11H2,1-2H3. The van der Waals surface area contributed by atoms with Crippen molar-refractivity contribution in [1.82, 2.24) is 9.97 Å². The molecular weight excluding hydrogens is 169 g/mol. The van der Waals surface area contributed by atoms with Gasteiger partial charge in [0.15, 0.2) is 5.82 Å². The number of hydrogen-bond donors (Lipinski definition) is 1. The van der Waals surface area contributed by atoms with Crippen LogP contribution in [0.25, 0.3) is 0 Å². The van der Waals surface area contributed by atoms with E-state index in [1.54, 1.807) is 0 Å². The Labute approximate surface area is 77.2 Å². The zero-order valence-corrected chi connectivity index (χ0v) is 7.92. The van der Waals surface area contributed by atoms with E-state index in [4.69, 9.17) is 5.73 Å². The van der Waals surface area contributed by atoms with Gasteiger partial charge < -0.3 is 5.73 Å². The molecule has 0 amide bonds. The van der Waals surface area contributed by atoms with Gasteiger partial charge in [0.2, 0.25) is 0 Å². The molecule has 72 valence electrons. The van der Waals surface area contributed by atoms with Crippen molar-refractivity contribution in [3.63, 3.8) is 0 Å². The molecule has 1 rings (SSSR count). The molecule has 3 nitrogen and oxygen atoms in total. The van der Waals surface area contributed by atoms with Crippen LogP contribution in [0.4, 0.5) is 4.39 Å². The minimum Gasteiger partial charge on any atom is -0.325 e. The molecule has 0 bridgehead atoms. The van der Waals surface area contributed by atoms with Crippen molar-refractivity contribution < 1.29 is 4.39 Å². The third kappa shape index (κ3) is 2.01. The van der Waals surface area contributed by atoms with Crippen LogP contribution in [0.15, 0.2) is 6.33 Å². The minimum absolute atomic E-state index is 0.119. The van der Waals surface area contributed by atoms with E-state index >= 15 is 0 Å². The Kier molecular flexibility index (Phi) is 3.31. The van der Waals surface area contributed by atoms with Crippen LogP contribution in [0.1, 0.15) is 37.6 Å². The Bertz CT molecular complexity index is 288. The van der Waals surface area contributed by atoms with Crippen LogP contribution < -0.4 is 5.73 Å². The molecule has 0 aliphatic carbocycles. The number of nitrogens with zero attached hydrogens (tertiary/aromatic N) is 2. The quantitative estimate of drug-likeness (QED) is 0.774. The summed E-state index contributed by atoms with van der Waals surface area (Å²) in [7, 11) is 0. The first-order valence-electron chi connectivity index (χ1n) is 4.40. The first-order valence-corrected chi connectivity index (χ1v) is 4.40. The number of rotatable bonds is 3. The van der Waals surface area contributed by atoms with Crippen molar-refractivity contribution in [2.24, 2.45) is 5.73 Å². The summed E-state index contributed by atoms with van der Waals surface area (Å²) in [5.74, 6) is -0.229. The van der Waals surface area contributed by atoms with E-state index in [1.807, 2.05) is 13.8 Å². The van der Waals surface area contributed by atoms with Crippen LogP contribution in [0.5, 0.6) is 0 Å². The molecule has 0 spiro atoms. The predicted molar refractivity (Wildman–Crippen MR) is 48.6 cm³/mol. The lowest BCUT2D eigenvalue weighted by atomic mass is 10.0. The van der Waals surface area contributed by atoms with Gasteiger partial charge in [0, 0.05) is 12.5 Å². The van der Waals surface area contributed by atoms with Crippen molar-refractivity contribution in [3.05, 3.63) is 23.5 Å². The Balaban J connectivity index is 3.08. The van der Waals surface area contributed by atoms with E-state index in [-0.39, 0.29) is 18.3 Å². The van der Waals surface area contributed by atoms with Gasteiger partial charge in [0.1, 0.15) is 6.33 Å². The molecule has 0 aliphatic rings. The highest BCUT2D eigenvalue weighted by molar-refractivity contribution is 5.15. The largest absolute Gasteiger partial charge is 0.325 e. The highest BCUT2D eigenvalue weighted by Gasteiger charge is 2.14. The van der Waals surface area contributed by atoms with E-state index in [2.05, 4.69) is 9.97 Å². The molecule has 0 saturated carbocycles. The molecular formula is C9H14FN3. The average Bonchev–Trinajstić information content (AvgIpc) is 2.17. The number of aromatic nitrogens is 2. The van der Waals surface area contributed by atoms with Gasteiger partial charge in [-0.1, -0.05) is 13.8 Å². The summed E-state index contributed by atoms with van der Waals surface area (Å²) in [5, 5.41) is 0. The van der Waals surface area contributed by atoms with E-state index in [1.165, 1.54) is 6.33 Å². The van der Waals surface area contributed by atoms with Crippen LogP contribution >= 0.6 is 0 Å². The zero-order chi connectivity index (χ0) is 9.84.